The number of aromatic nitrogens is 3. The quantitative estimate of drug-likeness (QED) is 0.781. The van der Waals surface area contributed by atoms with E-state index in [4.69, 9.17) is 0 Å². The van der Waals surface area contributed by atoms with Gasteiger partial charge in [0.1, 0.15) is 5.56 Å². The first kappa shape index (κ1) is 13.1. The summed E-state index contributed by atoms with van der Waals surface area (Å²) in [6, 6.07) is 0. The number of rotatable bonds is 3. The predicted molar refractivity (Wildman–Crippen MR) is 72.5 cm³/mol. The molecule has 0 atom stereocenters. The van der Waals surface area contributed by atoms with Crippen LogP contribution >= 0.6 is 0 Å². The van der Waals surface area contributed by atoms with Crippen LogP contribution in [-0.2, 0) is 6.42 Å². The molecule has 2 rings (SSSR count). The van der Waals surface area contributed by atoms with Gasteiger partial charge in [-0.15, -0.1) is 0 Å². The van der Waals surface area contributed by atoms with Gasteiger partial charge in [0.05, 0.1) is 0 Å². The molecule has 0 aliphatic carbocycles. The van der Waals surface area contributed by atoms with Crippen molar-refractivity contribution in [3.63, 3.8) is 0 Å². The number of aryl methyl sites for hydroxylation is 2. The molecule has 0 aliphatic heterocycles. The highest BCUT2D eigenvalue weighted by molar-refractivity contribution is 6.03. The molecule has 2 aromatic rings. The van der Waals surface area contributed by atoms with Crippen LogP contribution in [0.1, 0.15) is 34.1 Å². The molecule has 3 N–H and O–H groups in total. The van der Waals surface area contributed by atoms with E-state index in [2.05, 4.69) is 20.5 Å². The van der Waals surface area contributed by atoms with Crippen molar-refractivity contribution < 1.29 is 4.79 Å². The fourth-order valence-corrected chi connectivity index (χ4v) is 1.84. The highest BCUT2D eigenvalue weighted by Gasteiger charge is 2.15. The van der Waals surface area contributed by atoms with Gasteiger partial charge in [-0.1, -0.05) is 6.92 Å². The molecule has 0 spiro atoms. The number of nitrogens with one attached hydrogen (secondary N) is 3. The number of nitrogens with zero attached hydrogens (tertiary/aromatic N) is 1. The van der Waals surface area contributed by atoms with Crippen molar-refractivity contribution in [1.29, 1.82) is 0 Å². The molecular weight excluding hydrogens is 244 g/mol. The first-order valence-electron chi connectivity index (χ1n) is 6.07. The predicted octanol–water partition coefficient (Wildman–Crippen LogP) is 1.53. The smallest absolute Gasteiger partial charge is 0.262 e. The Labute approximate surface area is 110 Å². The molecule has 0 bridgehead atoms. The summed E-state index contributed by atoms with van der Waals surface area (Å²) < 4.78 is 0. The van der Waals surface area contributed by atoms with Crippen molar-refractivity contribution in [3.8, 4) is 0 Å². The van der Waals surface area contributed by atoms with E-state index in [0.29, 0.717) is 11.4 Å². The molecule has 2 aromatic heterocycles. The molecule has 0 saturated carbocycles. The molecule has 100 valence electrons. The normalized spacial score (nSPS) is 10.5. The zero-order valence-corrected chi connectivity index (χ0v) is 11.1. The summed E-state index contributed by atoms with van der Waals surface area (Å²) in [5.41, 5.74) is 2.16. The SMILES string of the molecule is CCc1[nH]nc(NC(=O)c2c[nH]cc(C)c2=O)c1C. The van der Waals surface area contributed by atoms with Gasteiger partial charge in [-0.25, -0.2) is 0 Å². The van der Waals surface area contributed by atoms with Crippen molar-refractivity contribution in [2.75, 3.05) is 5.32 Å². The van der Waals surface area contributed by atoms with Crippen LogP contribution < -0.4 is 10.7 Å². The van der Waals surface area contributed by atoms with Gasteiger partial charge < -0.3 is 10.3 Å². The first-order valence-corrected chi connectivity index (χ1v) is 6.07. The van der Waals surface area contributed by atoms with E-state index in [-0.39, 0.29) is 11.0 Å². The summed E-state index contributed by atoms with van der Waals surface area (Å²) in [6.07, 6.45) is 3.77. The molecule has 0 radical (unpaired) electrons. The van der Waals surface area contributed by atoms with Gasteiger partial charge in [-0.3, -0.25) is 14.7 Å². The van der Waals surface area contributed by atoms with Crippen molar-refractivity contribution in [1.82, 2.24) is 15.2 Å². The van der Waals surface area contributed by atoms with Crippen LogP contribution in [0.2, 0.25) is 0 Å². The molecule has 1 amide bonds. The van der Waals surface area contributed by atoms with E-state index < -0.39 is 5.91 Å². The van der Waals surface area contributed by atoms with Crippen LogP contribution in [0.4, 0.5) is 5.82 Å². The Morgan fingerprint density at radius 2 is 2.11 bits per heavy atom. The minimum absolute atomic E-state index is 0.0837. The van der Waals surface area contributed by atoms with E-state index in [0.717, 1.165) is 17.7 Å². The minimum Gasteiger partial charge on any atom is -0.366 e. The lowest BCUT2D eigenvalue weighted by Crippen LogP contribution is -2.23. The highest BCUT2D eigenvalue weighted by Crippen LogP contribution is 2.15. The number of anilines is 1. The zero-order valence-electron chi connectivity index (χ0n) is 11.1. The number of hydrogen-bond donors (Lipinski definition) is 3. The Balaban J connectivity index is 2.28. The number of carbonyl (C=O) groups is 1. The van der Waals surface area contributed by atoms with Crippen LogP contribution in [0.25, 0.3) is 0 Å². The molecular formula is C13H16N4O2. The zero-order chi connectivity index (χ0) is 14.0. The van der Waals surface area contributed by atoms with E-state index >= 15 is 0 Å². The molecule has 19 heavy (non-hydrogen) atoms. The summed E-state index contributed by atoms with van der Waals surface area (Å²) in [5, 5.41) is 9.54. The van der Waals surface area contributed by atoms with Gasteiger partial charge in [0.25, 0.3) is 5.91 Å². The van der Waals surface area contributed by atoms with Crippen LogP contribution in [0.15, 0.2) is 17.2 Å². The summed E-state index contributed by atoms with van der Waals surface area (Å²) >= 11 is 0. The van der Waals surface area contributed by atoms with Crippen LogP contribution in [0, 0.1) is 13.8 Å². The minimum atomic E-state index is -0.456. The van der Waals surface area contributed by atoms with Gasteiger partial charge in [0.15, 0.2) is 11.2 Å². The van der Waals surface area contributed by atoms with Crippen LogP contribution in [0.5, 0.6) is 0 Å². The van der Waals surface area contributed by atoms with Crippen molar-refractivity contribution in [2.24, 2.45) is 0 Å². The third-order valence-corrected chi connectivity index (χ3v) is 3.07. The van der Waals surface area contributed by atoms with E-state index in [1.54, 1.807) is 13.1 Å². The molecule has 6 nitrogen and oxygen atoms in total. The molecule has 6 heteroatoms. The maximum Gasteiger partial charge on any atom is 0.262 e. The number of pyridine rings is 1. The van der Waals surface area contributed by atoms with Crippen LogP contribution in [-0.4, -0.2) is 21.1 Å². The Bertz CT molecular complexity index is 670. The topological polar surface area (TPSA) is 90.6 Å². The largest absolute Gasteiger partial charge is 0.366 e. The summed E-state index contributed by atoms with van der Waals surface area (Å²) in [6.45, 7) is 5.53. The fourth-order valence-electron chi connectivity index (χ4n) is 1.84. The number of carbonyl (C=O) groups excluding carboxylic acids is 1. The van der Waals surface area contributed by atoms with Gasteiger partial charge in [0, 0.05) is 29.2 Å². The monoisotopic (exact) mass is 260 g/mol. The maximum absolute atomic E-state index is 12.1. The Kier molecular flexibility index (Phi) is 3.50. The number of H-pyrrole nitrogens is 2. The average molecular weight is 260 g/mol. The number of amides is 1. The van der Waals surface area contributed by atoms with Crippen molar-refractivity contribution in [3.05, 3.63) is 45.0 Å². The second-order valence-electron chi connectivity index (χ2n) is 4.36. The Morgan fingerprint density at radius 1 is 1.37 bits per heavy atom. The molecule has 0 fully saturated rings. The summed E-state index contributed by atoms with van der Waals surface area (Å²) in [5.74, 6) is 0.00459. The summed E-state index contributed by atoms with van der Waals surface area (Å²) in [7, 11) is 0. The molecule has 0 aliphatic rings. The summed E-state index contributed by atoms with van der Waals surface area (Å²) in [4.78, 5) is 26.7. The molecule has 2 heterocycles. The molecule has 0 aromatic carbocycles. The number of aromatic amines is 2. The fraction of sp³-hybridized carbons (Fsp3) is 0.308. The lowest BCUT2D eigenvalue weighted by molar-refractivity contribution is 0.102. The van der Waals surface area contributed by atoms with E-state index in [9.17, 15) is 9.59 Å². The van der Waals surface area contributed by atoms with Gasteiger partial charge in [-0.05, 0) is 20.3 Å². The van der Waals surface area contributed by atoms with E-state index in [1.807, 2.05) is 13.8 Å². The number of hydrogen-bond acceptors (Lipinski definition) is 3. The van der Waals surface area contributed by atoms with Gasteiger partial charge >= 0.3 is 0 Å². The lowest BCUT2D eigenvalue weighted by Gasteiger charge is -2.03. The third kappa shape index (κ3) is 2.42. The second-order valence-corrected chi connectivity index (χ2v) is 4.36. The first-order chi connectivity index (χ1) is 9.04. The van der Waals surface area contributed by atoms with E-state index in [1.165, 1.54) is 6.20 Å². The molecule has 0 saturated heterocycles. The second kappa shape index (κ2) is 5.09. The van der Waals surface area contributed by atoms with Crippen molar-refractivity contribution in [2.45, 2.75) is 27.2 Å². The standard InChI is InChI=1S/C13H16N4O2/c1-4-10-8(3)12(17-16-10)15-13(19)9-6-14-5-7(2)11(9)18/h5-6H,4H2,1-3H3,(H,14,18)(H2,15,16,17,19). The van der Waals surface area contributed by atoms with Gasteiger partial charge in [-0.2, -0.15) is 5.10 Å². The molecule has 0 unspecified atom stereocenters. The average Bonchev–Trinajstić information content (AvgIpc) is 2.73. The van der Waals surface area contributed by atoms with Crippen molar-refractivity contribution >= 4 is 11.7 Å². The van der Waals surface area contributed by atoms with Crippen LogP contribution in [0.3, 0.4) is 0 Å². The lowest BCUT2D eigenvalue weighted by atomic mass is 10.2. The maximum atomic E-state index is 12.1. The Morgan fingerprint density at radius 3 is 2.74 bits per heavy atom. The highest BCUT2D eigenvalue weighted by atomic mass is 16.2. The third-order valence-electron chi connectivity index (χ3n) is 3.07. The Hall–Kier alpha value is -2.37. The van der Waals surface area contributed by atoms with Gasteiger partial charge in [0.2, 0.25) is 0 Å².